The number of hydrogen-bond acceptors (Lipinski definition) is 1. The number of para-hydroxylation sites is 1. The quantitative estimate of drug-likeness (QED) is 0.545. The highest BCUT2D eigenvalue weighted by molar-refractivity contribution is 5.56. The Morgan fingerprint density at radius 3 is 2.00 bits per heavy atom. The summed E-state index contributed by atoms with van der Waals surface area (Å²) in [6, 6.07) is 5.83. The van der Waals surface area contributed by atoms with Crippen molar-refractivity contribution in [2.24, 2.45) is 0 Å². The van der Waals surface area contributed by atoms with Gasteiger partial charge in [0, 0.05) is 13.1 Å². The average molecular weight is 312 g/mol. The topological polar surface area (TPSA) is 3.24 Å². The minimum atomic E-state index is -0.0988. The molecule has 1 nitrogen and oxygen atoms in total. The van der Waals surface area contributed by atoms with E-state index in [0.717, 1.165) is 30.5 Å². The van der Waals surface area contributed by atoms with E-state index in [0.29, 0.717) is 12.0 Å². The van der Waals surface area contributed by atoms with E-state index in [4.69, 9.17) is 0 Å². The molecule has 0 amide bonds. The van der Waals surface area contributed by atoms with Crippen LogP contribution in [0.4, 0.5) is 10.1 Å². The van der Waals surface area contributed by atoms with Gasteiger partial charge in [-0.1, -0.05) is 73.9 Å². The Bertz CT molecular complexity index is 374. The molecule has 0 aliphatic rings. The zero-order chi connectivity index (χ0) is 17.7. The second kappa shape index (κ2) is 13.6. The lowest BCUT2D eigenvalue weighted by molar-refractivity contribution is 0.537. The van der Waals surface area contributed by atoms with E-state index in [1.165, 1.54) is 0 Å². The minimum absolute atomic E-state index is 0.0988. The molecule has 1 aromatic carbocycles. The number of benzene rings is 1. The lowest BCUT2D eigenvalue weighted by atomic mass is 9.98. The van der Waals surface area contributed by atoms with E-state index in [1.54, 1.807) is 6.07 Å². The highest BCUT2D eigenvalue weighted by Gasteiger charge is 2.20. The first-order valence-electron chi connectivity index (χ1n) is 9.04. The number of hydrogen-bond donors (Lipinski definition) is 0. The van der Waals surface area contributed by atoms with Gasteiger partial charge in [0.25, 0.3) is 0 Å². The van der Waals surface area contributed by atoms with Crippen LogP contribution in [0.2, 0.25) is 0 Å². The molecule has 0 aliphatic heterocycles. The van der Waals surface area contributed by atoms with Crippen molar-refractivity contribution in [1.82, 2.24) is 0 Å². The molecule has 0 radical (unpaired) electrons. The summed E-state index contributed by atoms with van der Waals surface area (Å²) >= 11 is 0. The molecule has 0 aliphatic carbocycles. The van der Waals surface area contributed by atoms with Crippen LogP contribution >= 0.6 is 0 Å². The molecule has 1 atom stereocenters. The van der Waals surface area contributed by atoms with Crippen molar-refractivity contribution in [3.05, 3.63) is 29.6 Å². The van der Waals surface area contributed by atoms with Crippen molar-refractivity contribution in [3.8, 4) is 0 Å². The molecule has 0 spiro atoms. The third-order valence-electron chi connectivity index (χ3n) is 3.63. The summed E-state index contributed by atoms with van der Waals surface area (Å²) in [7, 11) is 2.02. The molecule has 1 aromatic rings. The van der Waals surface area contributed by atoms with Crippen LogP contribution in [0.1, 0.15) is 86.1 Å². The molecule has 0 fully saturated rings. The standard InChI is InChI=1S/C16H26FN.2C2H6/c1-6-9-13(7-2)18(5)16-14(12(3)4)10-8-11-15(16)17;2*1-2/h8,10-13H,6-7,9H2,1-5H3;2*1-2H3. The van der Waals surface area contributed by atoms with Crippen LogP contribution in [0.5, 0.6) is 0 Å². The summed E-state index contributed by atoms with van der Waals surface area (Å²) in [6.07, 6.45) is 3.30. The summed E-state index contributed by atoms with van der Waals surface area (Å²) in [5, 5.41) is 0. The molecule has 1 rings (SSSR count). The first kappa shape index (κ1) is 23.2. The van der Waals surface area contributed by atoms with Gasteiger partial charge in [0.15, 0.2) is 0 Å². The predicted molar refractivity (Wildman–Crippen MR) is 101 cm³/mol. The van der Waals surface area contributed by atoms with E-state index >= 15 is 0 Å². The van der Waals surface area contributed by atoms with Gasteiger partial charge in [-0.2, -0.15) is 0 Å². The van der Waals surface area contributed by atoms with Gasteiger partial charge in [-0.15, -0.1) is 0 Å². The molecule has 1 unspecified atom stereocenters. The smallest absolute Gasteiger partial charge is 0.146 e. The Morgan fingerprint density at radius 2 is 1.59 bits per heavy atom. The maximum atomic E-state index is 14.2. The SMILES string of the molecule is CC.CC.CCCC(CC)N(C)c1c(F)cccc1C(C)C. The van der Waals surface area contributed by atoms with Crippen LogP contribution in [0.15, 0.2) is 18.2 Å². The molecular formula is C20H38FN. The Kier molecular flexibility index (Phi) is 14.4. The van der Waals surface area contributed by atoms with Gasteiger partial charge in [-0.3, -0.25) is 0 Å². The fraction of sp³-hybridized carbons (Fsp3) is 0.700. The molecule has 0 saturated heterocycles. The summed E-state index contributed by atoms with van der Waals surface area (Å²) in [5.41, 5.74) is 1.89. The van der Waals surface area contributed by atoms with Crippen LogP contribution in [-0.4, -0.2) is 13.1 Å². The maximum Gasteiger partial charge on any atom is 0.146 e. The Hall–Kier alpha value is -1.05. The Morgan fingerprint density at radius 1 is 1.05 bits per heavy atom. The third kappa shape index (κ3) is 6.81. The van der Waals surface area contributed by atoms with Gasteiger partial charge in [0.05, 0.1) is 5.69 Å². The number of anilines is 1. The second-order valence-electron chi connectivity index (χ2n) is 5.29. The van der Waals surface area contributed by atoms with Crippen molar-refractivity contribution in [1.29, 1.82) is 0 Å². The minimum Gasteiger partial charge on any atom is -0.369 e. The Balaban J connectivity index is 0. The van der Waals surface area contributed by atoms with E-state index < -0.39 is 0 Å². The fourth-order valence-electron chi connectivity index (χ4n) is 2.56. The summed E-state index contributed by atoms with van der Waals surface area (Å²) in [6.45, 7) is 16.6. The zero-order valence-electron chi connectivity index (χ0n) is 16.3. The zero-order valence-corrected chi connectivity index (χ0v) is 16.3. The van der Waals surface area contributed by atoms with E-state index in [9.17, 15) is 4.39 Å². The summed E-state index contributed by atoms with van der Waals surface area (Å²) < 4.78 is 14.2. The monoisotopic (exact) mass is 311 g/mol. The molecular weight excluding hydrogens is 273 g/mol. The van der Waals surface area contributed by atoms with Gasteiger partial charge < -0.3 is 4.90 Å². The van der Waals surface area contributed by atoms with Crippen molar-refractivity contribution < 1.29 is 4.39 Å². The van der Waals surface area contributed by atoms with Gasteiger partial charge in [-0.05, 0) is 30.4 Å². The van der Waals surface area contributed by atoms with Gasteiger partial charge in [-0.25, -0.2) is 4.39 Å². The highest BCUT2D eigenvalue weighted by atomic mass is 19.1. The number of rotatable bonds is 6. The van der Waals surface area contributed by atoms with Crippen LogP contribution in [-0.2, 0) is 0 Å². The van der Waals surface area contributed by atoms with Crippen molar-refractivity contribution in [2.45, 2.75) is 86.6 Å². The normalized spacial score (nSPS) is 11.0. The number of nitrogens with zero attached hydrogens (tertiary/aromatic N) is 1. The Labute approximate surface area is 138 Å². The van der Waals surface area contributed by atoms with Crippen LogP contribution in [0, 0.1) is 5.82 Å². The lowest BCUT2D eigenvalue weighted by Crippen LogP contribution is -2.32. The van der Waals surface area contributed by atoms with Gasteiger partial charge in [0.2, 0.25) is 0 Å². The van der Waals surface area contributed by atoms with Crippen molar-refractivity contribution in [3.63, 3.8) is 0 Å². The number of halogens is 1. The molecule has 0 saturated carbocycles. The van der Waals surface area contributed by atoms with Crippen LogP contribution < -0.4 is 4.90 Å². The summed E-state index contributed by atoms with van der Waals surface area (Å²) in [4.78, 5) is 2.13. The second-order valence-corrected chi connectivity index (χ2v) is 5.29. The first-order valence-corrected chi connectivity index (χ1v) is 9.04. The predicted octanol–water partition coefficient (Wildman–Crippen LogP) is 7.02. The van der Waals surface area contributed by atoms with Crippen LogP contribution in [0.25, 0.3) is 0 Å². The van der Waals surface area contributed by atoms with E-state index in [2.05, 4.69) is 32.6 Å². The van der Waals surface area contributed by atoms with Crippen molar-refractivity contribution >= 4 is 5.69 Å². The van der Waals surface area contributed by atoms with E-state index in [1.807, 2.05) is 46.9 Å². The molecule has 2 heteroatoms. The van der Waals surface area contributed by atoms with Crippen molar-refractivity contribution in [2.75, 3.05) is 11.9 Å². The first-order chi connectivity index (χ1) is 10.5. The molecule has 0 aromatic heterocycles. The molecule has 0 N–H and O–H groups in total. The van der Waals surface area contributed by atoms with Crippen LogP contribution in [0.3, 0.4) is 0 Å². The van der Waals surface area contributed by atoms with Gasteiger partial charge >= 0.3 is 0 Å². The third-order valence-corrected chi connectivity index (χ3v) is 3.63. The average Bonchev–Trinajstić information content (AvgIpc) is 2.55. The van der Waals surface area contributed by atoms with Gasteiger partial charge in [0.1, 0.15) is 5.82 Å². The van der Waals surface area contributed by atoms with E-state index in [-0.39, 0.29) is 5.82 Å². The molecule has 130 valence electrons. The molecule has 22 heavy (non-hydrogen) atoms. The highest BCUT2D eigenvalue weighted by Crippen LogP contribution is 2.31. The lowest BCUT2D eigenvalue weighted by Gasteiger charge is -2.32. The molecule has 0 heterocycles. The summed E-state index contributed by atoms with van der Waals surface area (Å²) in [5.74, 6) is 0.246. The fourth-order valence-corrected chi connectivity index (χ4v) is 2.56. The molecule has 0 bridgehead atoms. The largest absolute Gasteiger partial charge is 0.369 e. The maximum absolute atomic E-state index is 14.2.